The first kappa shape index (κ1) is 13.7. The molecule has 0 radical (unpaired) electrons. The minimum atomic E-state index is 0.991. The Balaban J connectivity index is 1.70. The molecule has 0 saturated heterocycles. The van der Waals surface area contributed by atoms with Crippen LogP contribution in [0.2, 0.25) is 0 Å². The Kier molecular flexibility index (Phi) is 4.43. The SMILES string of the molecule is CCSCCN1CC=C(c2c[nH]c3ncccc23)CC1. The maximum Gasteiger partial charge on any atom is 0.137 e. The fraction of sp³-hybridized carbons (Fsp3) is 0.438. The number of nitrogens with one attached hydrogen (secondary N) is 1. The van der Waals surface area contributed by atoms with E-state index in [1.165, 1.54) is 41.1 Å². The highest BCUT2D eigenvalue weighted by atomic mass is 32.2. The molecule has 0 aromatic carbocycles. The van der Waals surface area contributed by atoms with Crippen LogP contribution in [0.15, 0.2) is 30.6 Å². The highest BCUT2D eigenvalue weighted by molar-refractivity contribution is 7.99. The molecule has 4 heteroatoms. The minimum Gasteiger partial charge on any atom is -0.346 e. The Morgan fingerprint density at radius 3 is 3.20 bits per heavy atom. The summed E-state index contributed by atoms with van der Waals surface area (Å²) in [5, 5.41) is 1.24. The van der Waals surface area contributed by atoms with Crippen LogP contribution in [0, 0.1) is 0 Å². The van der Waals surface area contributed by atoms with E-state index in [0.717, 1.165) is 18.6 Å². The van der Waals surface area contributed by atoms with E-state index in [9.17, 15) is 0 Å². The average molecular weight is 287 g/mol. The summed E-state index contributed by atoms with van der Waals surface area (Å²) >= 11 is 2.03. The molecule has 3 rings (SSSR count). The zero-order valence-corrected chi connectivity index (χ0v) is 12.7. The van der Waals surface area contributed by atoms with Crippen LogP contribution in [0.1, 0.15) is 18.9 Å². The van der Waals surface area contributed by atoms with E-state index in [0.29, 0.717) is 0 Å². The van der Waals surface area contributed by atoms with Crippen LogP contribution in [-0.4, -0.2) is 46.0 Å². The molecular formula is C16H21N3S. The van der Waals surface area contributed by atoms with Gasteiger partial charge in [0.2, 0.25) is 0 Å². The molecule has 1 aliphatic heterocycles. The molecule has 0 fully saturated rings. The summed E-state index contributed by atoms with van der Waals surface area (Å²) in [7, 11) is 0. The number of hydrogen-bond acceptors (Lipinski definition) is 3. The van der Waals surface area contributed by atoms with Gasteiger partial charge < -0.3 is 4.98 Å². The summed E-state index contributed by atoms with van der Waals surface area (Å²) in [6.45, 7) is 5.68. The van der Waals surface area contributed by atoms with Crippen LogP contribution in [-0.2, 0) is 0 Å². The van der Waals surface area contributed by atoms with Crippen LogP contribution in [0.5, 0.6) is 0 Å². The summed E-state index contributed by atoms with van der Waals surface area (Å²) in [5.41, 5.74) is 3.78. The van der Waals surface area contributed by atoms with Gasteiger partial charge in [-0.05, 0) is 29.9 Å². The van der Waals surface area contributed by atoms with Crippen molar-refractivity contribution in [3.8, 4) is 0 Å². The zero-order valence-electron chi connectivity index (χ0n) is 11.9. The summed E-state index contributed by atoms with van der Waals surface area (Å²) in [5.74, 6) is 2.47. The number of aromatic amines is 1. The number of nitrogens with zero attached hydrogens (tertiary/aromatic N) is 2. The van der Waals surface area contributed by atoms with Gasteiger partial charge in [0.1, 0.15) is 5.65 Å². The van der Waals surface area contributed by atoms with Gasteiger partial charge in [0.15, 0.2) is 0 Å². The van der Waals surface area contributed by atoms with E-state index in [2.05, 4.69) is 40.1 Å². The van der Waals surface area contributed by atoms with Gasteiger partial charge in [-0.1, -0.05) is 13.0 Å². The van der Waals surface area contributed by atoms with Gasteiger partial charge in [0.05, 0.1) is 0 Å². The molecule has 0 atom stereocenters. The van der Waals surface area contributed by atoms with Crippen molar-refractivity contribution in [3.63, 3.8) is 0 Å². The molecule has 0 spiro atoms. The third kappa shape index (κ3) is 2.91. The fourth-order valence-electron chi connectivity index (χ4n) is 2.72. The molecule has 0 bridgehead atoms. The topological polar surface area (TPSA) is 31.9 Å². The Morgan fingerprint density at radius 2 is 2.40 bits per heavy atom. The maximum absolute atomic E-state index is 4.37. The molecule has 2 aromatic rings. The lowest BCUT2D eigenvalue weighted by Crippen LogP contribution is -2.30. The Bertz CT molecular complexity index is 603. The van der Waals surface area contributed by atoms with E-state index < -0.39 is 0 Å². The van der Waals surface area contributed by atoms with Crippen molar-refractivity contribution in [2.45, 2.75) is 13.3 Å². The summed E-state index contributed by atoms with van der Waals surface area (Å²) in [4.78, 5) is 10.2. The first-order valence-corrected chi connectivity index (χ1v) is 8.45. The molecule has 106 valence electrons. The molecule has 0 amide bonds. The third-order valence-electron chi connectivity index (χ3n) is 3.85. The van der Waals surface area contributed by atoms with Crippen molar-refractivity contribution in [2.75, 3.05) is 31.1 Å². The van der Waals surface area contributed by atoms with Crippen LogP contribution in [0.4, 0.5) is 0 Å². The Hall–Kier alpha value is -1.26. The lowest BCUT2D eigenvalue weighted by Gasteiger charge is -2.26. The standard InChI is InChI=1S/C16H21N3S/c1-2-20-11-10-19-8-5-13(6-9-19)15-12-18-16-14(15)4-3-7-17-16/h3-5,7,12H,2,6,8-11H2,1H3,(H,17,18). The number of aromatic nitrogens is 2. The number of hydrogen-bond donors (Lipinski definition) is 1. The highest BCUT2D eigenvalue weighted by Gasteiger charge is 2.15. The smallest absolute Gasteiger partial charge is 0.137 e. The monoisotopic (exact) mass is 287 g/mol. The van der Waals surface area contributed by atoms with E-state index in [1.807, 2.05) is 24.0 Å². The number of thioether (sulfide) groups is 1. The van der Waals surface area contributed by atoms with Crippen molar-refractivity contribution in [1.29, 1.82) is 0 Å². The van der Waals surface area contributed by atoms with Gasteiger partial charge in [-0.15, -0.1) is 0 Å². The predicted molar refractivity (Wildman–Crippen MR) is 88.1 cm³/mol. The maximum atomic E-state index is 4.37. The second kappa shape index (κ2) is 6.46. The van der Waals surface area contributed by atoms with E-state index in [-0.39, 0.29) is 0 Å². The molecule has 0 aliphatic carbocycles. The second-order valence-corrected chi connectivity index (χ2v) is 6.47. The average Bonchev–Trinajstić information content (AvgIpc) is 2.92. The van der Waals surface area contributed by atoms with Crippen molar-refractivity contribution >= 4 is 28.4 Å². The van der Waals surface area contributed by atoms with Crippen LogP contribution < -0.4 is 0 Å². The Morgan fingerprint density at radius 1 is 1.45 bits per heavy atom. The van der Waals surface area contributed by atoms with Gasteiger partial charge in [-0.25, -0.2) is 4.98 Å². The molecule has 0 saturated carbocycles. The molecular weight excluding hydrogens is 266 g/mol. The second-order valence-electron chi connectivity index (χ2n) is 5.08. The van der Waals surface area contributed by atoms with Crippen molar-refractivity contribution in [1.82, 2.24) is 14.9 Å². The van der Waals surface area contributed by atoms with Crippen molar-refractivity contribution in [3.05, 3.63) is 36.2 Å². The zero-order chi connectivity index (χ0) is 13.8. The van der Waals surface area contributed by atoms with Crippen molar-refractivity contribution in [2.24, 2.45) is 0 Å². The fourth-order valence-corrected chi connectivity index (χ4v) is 3.39. The van der Waals surface area contributed by atoms with Gasteiger partial charge >= 0.3 is 0 Å². The first-order valence-electron chi connectivity index (χ1n) is 7.30. The lowest BCUT2D eigenvalue weighted by molar-refractivity contribution is 0.321. The van der Waals surface area contributed by atoms with Crippen LogP contribution in [0.3, 0.4) is 0 Å². The van der Waals surface area contributed by atoms with E-state index in [1.54, 1.807) is 0 Å². The summed E-state index contributed by atoms with van der Waals surface area (Å²) in [6, 6.07) is 4.16. The van der Waals surface area contributed by atoms with Gasteiger partial charge in [0, 0.05) is 48.7 Å². The summed E-state index contributed by atoms with van der Waals surface area (Å²) < 4.78 is 0. The van der Waals surface area contributed by atoms with Gasteiger partial charge in [-0.2, -0.15) is 11.8 Å². The molecule has 0 unspecified atom stereocenters. The quantitative estimate of drug-likeness (QED) is 0.855. The largest absolute Gasteiger partial charge is 0.346 e. The van der Waals surface area contributed by atoms with Crippen LogP contribution >= 0.6 is 11.8 Å². The third-order valence-corrected chi connectivity index (χ3v) is 4.73. The van der Waals surface area contributed by atoms with Crippen molar-refractivity contribution < 1.29 is 0 Å². The van der Waals surface area contributed by atoms with Crippen LogP contribution in [0.25, 0.3) is 16.6 Å². The lowest BCUT2D eigenvalue weighted by atomic mass is 10.00. The molecule has 3 nitrogen and oxygen atoms in total. The molecule has 3 heterocycles. The molecule has 2 aromatic heterocycles. The van der Waals surface area contributed by atoms with Gasteiger partial charge in [-0.3, -0.25) is 4.90 Å². The first-order chi connectivity index (χ1) is 9.88. The highest BCUT2D eigenvalue weighted by Crippen LogP contribution is 2.28. The minimum absolute atomic E-state index is 0.991. The van der Waals surface area contributed by atoms with Gasteiger partial charge in [0.25, 0.3) is 0 Å². The molecule has 1 aliphatic rings. The molecule has 1 N–H and O–H groups in total. The summed E-state index contributed by atoms with van der Waals surface area (Å²) in [6.07, 6.45) is 7.46. The predicted octanol–water partition coefficient (Wildman–Crippen LogP) is 3.41. The number of pyridine rings is 1. The van der Waals surface area contributed by atoms with E-state index in [4.69, 9.17) is 0 Å². The number of H-pyrrole nitrogens is 1. The Labute approximate surface area is 124 Å². The normalized spacial score (nSPS) is 16.6. The molecule has 20 heavy (non-hydrogen) atoms. The van der Waals surface area contributed by atoms with E-state index >= 15 is 0 Å². The number of rotatable bonds is 5. The number of fused-ring (bicyclic) bond motifs is 1.